The van der Waals surface area contributed by atoms with Gasteiger partial charge in [0.05, 0.1) is 62.3 Å². The molecule has 0 aliphatic heterocycles. The van der Waals surface area contributed by atoms with Gasteiger partial charge in [0.25, 0.3) is 0 Å². The Morgan fingerprint density at radius 3 is 1.25 bits per heavy atom. The van der Waals surface area contributed by atoms with Gasteiger partial charge >= 0.3 is 0 Å². The monoisotopic (exact) mass is 987 g/mol. The van der Waals surface area contributed by atoms with E-state index in [1.807, 2.05) is 28.7 Å². The Bertz CT molecular complexity index is 4890. The Kier molecular flexibility index (Phi) is 8.85. The lowest BCUT2D eigenvalue weighted by molar-refractivity contribution is 1.05. The zero-order valence-corrected chi connectivity index (χ0v) is 41.5. The lowest BCUT2D eigenvalue weighted by Crippen LogP contribution is -2.11. The summed E-state index contributed by atoms with van der Waals surface area (Å²) in [5, 5.41) is 23.3. The van der Waals surface area contributed by atoms with E-state index in [0.717, 1.165) is 93.4 Å². The third kappa shape index (κ3) is 5.85. The fraction of sp³-hybridized carbons (Fsp3) is 0. The van der Waals surface area contributed by atoms with Crippen LogP contribution < -0.4 is 0 Å². The highest BCUT2D eigenvalue weighted by Gasteiger charge is 2.31. The van der Waals surface area contributed by atoms with Crippen molar-refractivity contribution in [1.29, 1.82) is 5.26 Å². The van der Waals surface area contributed by atoms with Crippen LogP contribution in [0.2, 0.25) is 0 Å². The number of benzene rings is 11. The number of nitriles is 1. The molecule has 0 atom stereocenters. The van der Waals surface area contributed by atoms with E-state index in [4.69, 9.17) is 0 Å². The number of thiophene rings is 2. The first-order chi connectivity index (χ1) is 37.1. The van der Waals surface area contributed by atoms with Crippen molar-refractivity contribution in [2.75, 3.05) is 0 Å². The minimum atomic E-state index is 0.383. The quantitative estimate of drug-likeness (QED) is 0.158. The summed E-state index contributed by atoms with van der Waals surface area (Å²) >= 11 is 3.64. The van der Waals surface area contributed by atoms with Crippen molar-refractivity contribution in [3.63, 3.8) is 0 Å². The first kappa shape index (κ1) is 41.8. The number of para-hydroxylation sites is 2. The highest BCUT2D eigenvalue weighted by atomic mass is 32.1. The standard InChI is InChI=1S/C68H37N5S2/c1-70-53-38-44(39-69)64(72-56-32-28-42(40-16-4-2-5-17-40)36-51(56)62-58(72)34-30-49-47-22-10-14-26-60(47)74-67(49)62)66(71-54-24-12-8-20-45(54)46-21-9-13-25-55(46)71)65(53)73-57-33-29-43(41-18-6-3-7-19-41)37-52(57)63-59(73)35-31-50-48-23-11-15-27-61(48)75-68(50)63/h2-38H. The number of aromatic nitrogens is 3. The summed E-state index contributed by atoms with van der Waals surface area (Å²) in [6.07, 6.45) is 0. The van der Waals surface area contributed by atoms with Crippen molar-refractivity contribution in [2.45, 2.75) is 0 Å². The van der Waals surface area contributed by atoms with Gasteiger partial charge in [0.1, 0.15) is 6.07 Å². The molecule has 0 aliphatic rings. The molecule has 5 nitrogen and oxygen atoms in total. The van der Waals surface area contributed by atoms with Crippen LogP contribution in [-0.4, -0.2) is 13.7 Å². The molecule has 0 fully saturated rings. The van der Waals surface area contributed by atoms with Gasteiger partial charge in [0, 0.05) is 72.7 Å². The Hall–Kier alpha value is -9.76. The first-order valence-electron chi connectivity index (χ1n) is 25.0. The highest BCUT2D eigenvalue weighted by Crippen LogP contribution is 2.51. The second kappa shape index (κ2) is 15.9. The van der Waals surface area contributed by atoms with Crippen molar-refractivity contribution in [3.8, 4) is 45.4 Å². The van der Waals surface area contributed by atoms with Gasteiger partial charge in [-0.1, -0.05) is 158 Å². The average molecular weight is 988 g/mol. The van der Waals surface area contributed by atoms with Crippen LogP contribution in [0, 0.1) is 17.9 Å². The Labute approximate surface area is 437 Å². The fourth-order valence-corrected chi connectivity index (χ4v) is 14.8. The number of fused-ring (bicyclic) bond motifs is 17. The van der Waals surface area contributed by atoms with Crippen LogP contribution in [0.4, 0.5) is 5.69 Å². The van der Waals surface area contributed by atoms with Crippen LogP contribution in [0.3, 0.4) is 0 Å². The van der Waals surface area contributed by atoms with E-state index in [1.165, 1.54) is 40.3 Å². The summed E-state index contributed by atoms with van der Waals surface area (Å²) in [6.45, 7) is 9.22. The second-order valence-electron chi connectivity index (χ2n) is 19.3. The van der Waals surface area contributed by atoms with Crippen molar-refractivity contribution < 1.29 is 0 Å². The number of hydrogen-bond acceptors (Lipinski definition) is 3. The van der Waals surface area contributed by atoms with Crippen molar-refractivity contribution in [2.24, 2.45) is 0 Å². The Balaban J connectivity index is 1.14. The van der Waals surface area contributed by atoms with Crippen LogP contribution in [0.5, 0.6) is 0 Å². The molecular formula is C68H37N5S2. The highest BCUT2D eigenvalue weighted by molar-refractivity contribution is 7.27. The van der Waals surface area contributed by atoms with Crippen LogP contribution >= 0.6 is 22.7 Å². The predicted octanol–water partition coefficient (Wildman–Crippen LogP) is 19.5. The summed E-state index contributed by atoms with van der Waals surface area (Å²) in [5.74, 6) is 0. The third-order valence-electron chi connectivity index (χ3n) is 15.5. The van der Waals surface area contributed by atoms with Gasteiger partial charge < -0.3 is 13.7 Å². The molecule has 5 heterocycles. The van der Waals surface area contributed by atoms with Crippen LogP contribution in [0.1, 0.15) is 5.56 Å². The van der Waals surface area contributed by atoms with Crippen LogP contribution in [0.25, 0.3) is 150 Å². The van der Waals surface area contributed by atoms with E-state index in [9.17, 15) is 11.8 Å². The average Bonchev–Trinajstić information content (AvgIpc) is 4.41. The molecule has 5 aromatic heterocycles. The summed E-state index contributed by atoms with van der Waals surface area (Å²) in [7, 11) is 0. The maximum atomic E-state index is 11.8. The van der Waals surface area contributed by atoms with Crippen LogP contribution in [-0.2, 0) is 0 Å². The lowest BCUT2D eigenvalue weighted by Gasteiger charge is -2.24. The molecule has 0 N–H and O–H groups in total. The molecule has 16 aromatic rings. The molecule has 0 saturated carbocycles. The molecule has 0 bridgehead atoms. The zero-order chi connectivity index (χ0) is 49.5. The summed E-state index contributed by atoms with van der Waals surface area (Å²) in [5.41, 5.74) is 13.3. The van der Waals surface area contributed by atoms with Gasteiger partial charge in [-0.2, -0.15) is 5.26 Å². The number of rotatable bonds is 5. The number of nitrogens with zero attached hydrogens (tertiary/aromatic N) is 5. The minimum absolute atomic E-state index is 0.383. The van der Waals surface area contributed by atoms with Gasteiger partial charge in [-0.05, 0) is 89.0 Å². The SMILES string of the molecule is [C-]#[N+]c1cc(C#N)c(-n2c3ccc(-c4ccccc4)cc3c3c4sc5ccccc5c4ccc32)c(-n2c3ccccc3c3ccccc32)c1-n1c2ccc(-c3ccccc3)cc2c2c3sc4ccccc4c3ccc21. The second-order valence-corrected chi connectivity index (χ2v) is 21.4. The maximum Gasteiger partial charge on any atom is 0.214 e. The predicted molar refractivity (Wildman–Crippen MR) is 317 cm³/mol. The van der Waals surface area contributed by atoms with E-state index >= 15 is 0 Å². The molecule has 0 unspecified atom stereocenters. The van der Waals surface area contributed by atoms with Crippen molar-refractivity contribution in [3.05, 3.63) is 241 Å². The topological polar surface area (TPSA) is 42.9 Å². The number of hydrogen-bond donors (Lipinski definition) is 0. The molecule has 0 aliphatic carbocycles. The normalized spacial score (nSPS) is 12.0. The van der Waals surface area contributed by atoms with Gasteiger partial charge in [0.15, 0.2) is 0 Å². The molecule has 75 heavy (non-hydrogen) atoms. The van der Waals surface area contributed by atoms with Crippen molar-refractivity contribution in [1.82, 2.24) is 13.7 Å². The molecule has 7 heteroatoms. The molecule has 0 radical (unpaired) electrons. The molecule has 16 rings (SSSR count). The Morgan fingerprint density at radius 2 is 0.760 bits per heavy atom. The van der Waals surface area contributed by atoms with E-state index < -0.39 is 0 Å². The van der Waals surface area contributed by atoms with Crippen LogP contribution in [0.15, 0.2) is 224 Å². The largest absolute Gasteiger partial charge is 0.317 e. The van der Waals surface area contributed by atoms with E-state index in [1.54, 1.807) is 0 Å². The molecule has 11 aromatic carbocycles. The summed E-state index contributed by atoms with van der Waals surface area (Å²) < 4.78 is 11.9. The molecule has 0 spiro atoms. The molecular weight excluding hydrogens is 951 g/mol. The zero-order valence-electron chi connectivity index (χ0n) is 39.9. The van der Waals surface area contributed by atoms with Gasteiger partial charge in [0.2, 0.25) is 5.69 Å². The fourth-order valence-electron chi connectivity index (χ4n) is 12.3. The third-order valence-corrected chi connectivity index (χ3v) is 17.9. The van der Waals surface area contributed by atoms with Gasteiger partial charge in [-0.3, -0.25) is 0 Å². The van der Waals surface area contributed by atoms with E-state index in [0.29, 0.717) is 22.6 Å². The first-order valence-corrected chi connectivity index (χ1v) is 26.6. The van der Waals surface area contributed by atoms with Gasteiger partial charge in [-0.25, -0.2) is 4.85 Å². The van der Waals surface area contributed by atoms with Crippen molar-refractivity contribution >= 4 is 134 Å². The smallest absolute Gasteiger partial charge is 0.214 e. The van der Waals surface area contributed by atoms with Gasteiger partial charge in [-0.15, -0.1) is 22.7 Å². The maximum absolute atomic E-state index is 11.8. The summed E-state index contributed by atoms with van der Waals surface area (Å²) in [4.78, 5) is 4.46. The van der Waals surface area contributed by atoms with E-state index in [2.05, 4.69) is 243 Å². The molecule has 0 amide bonds. The molecule has 0 saturated heterocycles. The Morgan fingerprint density at radius 1 is 0.347 bits per heavy atom. The van der Waals surface area contributed by atoms with E-state index in [-0.39, 0.29) is 0 Å². The minimum Gasteiger partial charge on any atom is -0.317 e. The molecule has 346 valence electrons. The lowest BCUT2D eigenvalue weighted by atomic mass is 10.0. The summed E-state index contributed by atoms with van der Waals surface area (Å²) in [6, 6.07) is 82.8.